The van der Waals surface area contributed by atoms with Crippen LogP contribution in [0.1, 0.15) is 31.1 Å². The Hall–Kier alpha value is -1.12. The molecule has 2 unspecified atom stereocenters. The van der Waals surface area contributed by atoms with Crippen LogP contribution in [-0.4, -0.2) is 29.1 Å². The van der Waals surface area contributed by atoms with Crippen LogP contribution in [-0.2, 0) is 6.42 Å². The molecule has 92 valence electrons. The second kappa shape index (κ2) is 5.03. The van der Waals surface area contributed by atoms with Gasteiger partial charge in [0.15, 0.2) is 0 Å². The Kier molecular flexibility index (Phi) is 3.65. The average molecular weight is 231 g/mol. The molecule has 0 bridgehead atoms. The molecule has 17 heavy (non-hydrogen) atoms. The summed E-state index contributed by atoms with van der Waals surface area (Å²) in [6.45, 7) is 9.96. The first-order valence-corrected chi connectivity index (χ1v) is 6.27. The summed E-state index contributed by atoms with van der Waals surface area (Å²) in [5.41, 5.74) is 3.53. The van der Waals surface area contributed by atoms with Crippen LogP contribution in [0.5, 0.6) is 0 Å². The zero-order valence-corrected chi connectivity index (χ0v) is 10.7. The summed E-state index contributed by atoms with van der Waals surface area (Å²) in [6, 6.07) is 8.40. The first kappa shape index (κ1) is 12.3. The van der Waals surface area contributed by atoms with Gasteiger partial charge >= 0.3 is 0 Å². The zero-order valence-electron chi connectivity index (χ0n) is 10.7. The molecule has 0 aliphatic heterocycles. The summed E-state index contributed by atoms with van der Waals surface area (Å²) >= 11 is 0. The maximum atomic E-state index is 10.4. The summed E-state index contributed by atoms with van der Waals surface area (Å²) in [5.74, 6) is 0. The van der Waals surface area contributed by atoms with Crippen molar-refractivity contribution >= 4 is 0 Å². The molecule has 0 aromatic heterocycles. The molecule has 1 aromatic rings. The SMILES string of the molecule is C=C(C)CN(CC)C1Cc2ccccc2C1O. The summed E-state index contributed by atoms with van der Waals surface area (Å²) in [6.07, 6.45) is 0.587. The molecule has 0 amide bonds. The molecule has 2 heteroatoms. The zero-order chi connectivity index (χ0) is 12.4. The van der Waals surface area contributed by atoms with Crippen LogP contribution in [0.15, 0.2) is 36.4 Å². The fourth-order valence-corrected chi connectivity index (χ4v) is 2.69. The van der Waals surface area contributed by atoms with Gasteiger partial charge in [-0.1, -0.05) is 43.3 Å². The first-order valence-electron chi connectivity index (χ1n) is 6.27. The van der Waals surface area contributed by atoms with E-state index in [-0.39, 0.29) is 12.1 Å². The standard InChI is InChI=1S/C15H21NO/c1-4-16(10-11(2)3)14-9-12-7-5-6-8-13(12)15(14)17/h5-8,14-15,17H,2,4,9-10H2,1,3H3. The number of fused-ring (bicyclic) bond motifs is 1. The number of aliphatic hydroxyl groups is 1. The normalized spacial score (nSPS) is 22.8. The van der Waals surface area contributed by atoms with Crippen molar-refractivity contribution in [3.05, 3.63) is 47.5 Å². The number of rotatable bonds is 4. The van der Waals surface area contributed by atoms with Gasteiger partial charge in [0.2, 0.25) is 0 Å². The quantitative estimate of drug-likeness (QED) is 0.805. The molecule has 0 fully saturated rings. The van der Waals surface area contributed by atoms with E-state index in [0.29, 0.717) is 0 Å². The van der Waals surface area contributed by atoms with Crippen LogP contribution in [0.25, 0.3) is 0 Å². The molecule has 0 spiro atoms. The third kappa shape index (κ3) is 2.43. The molecular weight excluding hydrogens is 210 g/mol. The van der Waals surface area contributed by atoms with Gasteiger partial charge in [0, 0.05) is 12.6 Å². The Morgan fingerprint density at radius 2 is 2.18 bits per heavy atom. The molecule has 1 aliphatic carbocycles. The van der Waals surface area contributed by atoms with Gasteiger partial charge in [-0.25, -0.2) is 0 Å². The van der Waals surface area contributed by atoms with Gasteiger partial charge in [-0.15, -0.1) is 0 Å². The third-order valence-corrected chi connectivity index (χ3v) is 3.52. The molecule has 1 N–H and O–H groups in total. The molecule has 0 saturated heterocycles. The Bertz CT molecular complexity index is 413. The molecule has 0 saturated carbocycles. The van der Waals surface area contributed by atoms with Crippen molar-refractivity contribution in [2.24, 2.45) is 0 Å². The van der Waals surface area contributed by atoms with Crippen LogP contribution in [0.3, 0.4) is 0 Å². The van der Waals surface area contributed by atoms with E-state index in [0.717, 1.165) is 30.6 Å². The molecule has 2 nitrogen and oxygen atoms in total. The number of aliphatic hydroxyl groups excluding tert-OH is 1. The number of nitrogens with zero attached hydrogens (tertiary/aromatic N) is 1. The lowest BCUT2D eigenvalue weighted by atomic mass is 10.1. The van der Waals surface area contributed by atoms with Crippen molar-refractivity contribution in [1.82, 2.24) is 4.90 Å². The van der Waals surface area contributed by atoms with Crippen LogP contribution < -0.4 is 0 Å². The molecule has 0 heterocycles. The van der Waals surface area contributed by atoms with Gasteiger partial charge in [-0.05, 0) is 31.0 Å². The summed E-state index contributed by atoms with van der Waals surface area (Å²) in [5, 5.41) is 10.4. The molecule has 2 atom stereocenters. The van der Waals surface area contributed by atoms with Crippen molar-refractivity contribution in [2.45, 2.75) is 32.4 Å². The minimum atomic E-state index is -0.356. The van der Waals surface area contributed by atoms with E-state index >= 15 is 0 Å². The lowest BCUT2D eigenvalue weighted by Crippen LogP contribution is -2.39. The van der Waals surface area contributed by atoms with Crippen molar-refractivity contribution in [3.63, 3.8) is 0 Å². The highest BCUT2D eigenvalue weighted by molar-refractivity contribution is 5.36. The van der Waals surface area contributed by atoms with Gasteiger partial charge in [-0.3, -0.25) is 4.90 Å². The number of hydrogen-bond donors (Lipinski definition) is 1. The summed E-state index contributed by atoms with van der Waals surface area (Å²) in [7, 11) is 0. The molecule has 1 aliphatic rings. The fraction of sp³-hybridized carbons (Fsp3) is 0.467. The van der Waals surface area contributed by atoms with E-state index in [9.17, 15) is 5.11 Å². The highest BCUT2D eigenvalue weighted by Crippen LogP contribution is 2.34. The van der Waals surface area contributed by atoms with E-state index in [4.69, 9.17) is 0 Å². The molecular formula is C15H21NO. The monoisotopic (exact) mass is 231 g/mol. The lowest BCUT2D eigenvalue weighted by Gasteiger charge is -2.30. The van der Waals surface area contributed by atoms with E-state index < -0.39 is 0 Å². The Morgan fingerprint density at radius 1 is 1.47 bits per heavy atom. The van der Waals surface area contributed by atoms with E-state index in [1.807, 2.05) is 25.1 Å². The smallest absolute Gasteiger partial charge is 0.0951 e. The van der Waals surface area contributed by atoms with Gasteiger partial charge in [-0.2, -0.15) is 0 Å². The predicted molar refractivity (Wildman–Crippen MR) is 71.0 cm³/mol. The molecule has 0 radical (unpaired) electrons. The van der Waals surface area contributed by atoms with Crippen LogP contribution >= 0.6 is 0 Å². The second-order valence-corrected chi connectivity index (χ2v) is 4.94. The third-order valence-electron chi connectivity index (χ3n) is 3.52. The number of hydrogen-bond acceptors (Lipinski definition) is 2. The van der Waals surface area contributed by atoms with Crippen molar-refractivity contribution in [3.8, 4) is 0 Å². The largest absolute Gasteiger partial charge is 0.387 e. The van der Waals surface area contributed by atoms with Gasteiger partial charge in [0.1, 0.15) is 0 Å². The minimum Gasteiger partial charge on any atom is -0.387 e. The van der Waals surface area contributed by atoms with Crippen molar-refractivity contribution in [1.29, 1.82) is 0 Å². The van der Waals surface area contributed by atoms with E-state index in [1.54, 1.807) is 0 Å². The molecule has 2 rings (SSSR count). The number of benzene rings is 1. The highest BCUT2D eigenvalue weighted by Gasteiger charge is 2.33. The van der Waals surface area contributed by atoms with Gasteiger partial charge in [0.05, 0.1) is 6.10 Å². The average Bonchev–Trinajstić information content (AvgIpc) is 2.64. The van der Waals surface area contributed by atoms with Crippen LogP contribution in [0.2, 0.25) is 0 Å². The van der Waals surface area contributed by atoms with E-state index in [1.165, 1.54) is 5.56 Å². The maximum absolute atomic E-state index is 10.4. The van der Waals surface area contributed by atoms with Crippen molar-refractivity contribution < 1.29 is 5.11 Å². The Morgan fingerprint density at radius 3 is 2.76 bits per heavy atom. The minimum absolute atomic E-state index is 0.203. The lowest BCUT2D eigenvalue weighted by molar-refractivity contribution is 0.0692. The topological polar surface area (TPSA) is 23.5 Å². The van der Waals surface area contributed by atoms with Crippen molar-refractivity contribution in [2.75, 3.05) is 13.1 Å². The molecule has 1 aromatic carbocycles. The Labute approximate surface area is 104 Å². The van der Waals surface area contributed by atoms with Gasteiger partial charge < -0.3 is 5.11 Å². The van der Waals surface area contributed by atoms with Gasteiger partial charge in [0.25, 0.3) is 0 Å². The summed E-state index contributed by atoms with van der Waals surface area (Å²) < 4.78 is 0. The van der Waals surface area contributed by atoms with Crippen LogP contribution in [0, 0.1) is 0 Å². The highest BCUT2D eigenvalue weighted by atomic mass is 16.3. The fourth-order valence-electron chi connectivity index (χ4n) is 2.69. The second-order valence-electron chi connectivity index (χ2n) is 4.94. The Balaban J connectivity index is 2.17. The summed E-state index contributed by atoms with van der Waals surface area (Å²) in [4.78, 5) is 2.31. The predicted octanol–water partition coefficient (Wildman–Crippen LogP) is 2.54. The van der Waals surface area contributed by atoms with E-state index in [2.05, 4.69) is 24.5 Å². The first-order chi connectivity index (χ1) is 8.13. The van der Waals surface area contributed by atoms with Crippen LogP contribution in [0.4, 0.5) is 0 Å². The number of likely N-dealkylation sites (N-methyl/N-ethyl adjacent to an activating group) is 1. The maximum Gasteiger partial charge on any atom is 0.0951 e.